The molecule has 2 aromatic heterocycles. The molecule has 0 saturated heterocycles. The van der Waals surface area contributed by atoms with Crippen LogP contribution in [-0.2, 0) is 11.3 Å². The zero-order valence-corrected chi connectivity index (χ0v) is 16.3. The van der Waals surface area contributed by atoms with Crippen LogP contribution in [0.1, 0.15) is 22.8 Å². The van der Waals surface area contributed by atoms with Crippen molar-refractivity contribution in [3.8, 4) is 11.3 Å². The van der Waals surface area contributed by atoms with E-state index in [1.165, 1.54) is 0 Å². The van der Waals surface area contributed by atoms with E-state index in [-0.39, 0.29) is 11.8 Å². The molecular weight excluding hydrogens is 380 g/mol. The first kappa shape index (κ1) is 19.3. The number of fused-ring (bicyclic) bond motifs is 1. The number of hydrogen-bond acceptors (Lipinski definition) is 5. The molecule has 2 heterocycles. The summed E-state index contributed by atoms with van der Waals surface area (Å²) in [6.45, 7) is 2.02. The van der Waals surface area contributed by atoms with Crippen molar-refractivity contribution in [3.05, 3.63) is 84.2 Å². The SMILES string of the molecule is C[C@@H](NC(=O)c1ccc2noc(-c3ccccc3)c2c1)C(=O)NCc1ccncc1. The number of hydrogen-bond donors (Lipinski definition) is 2. The van der Waals surface area contributed by atoms with Gasteiger partial charge in [-0.05, 0) is 42.8 Å². The Morgan fingerprint density at radius 1 is 1.03 bits per heavy atom. The molecule has 0 radical (unpaired) electrons. The van der Waals surface area contributed by atoms with Crippen LogP contribution in [0.25, 0.3) is 22.2 Å². The third kappa shape index (κ3) is 4.20. The van der Waals surface area contributed by atoms with Gasteiger partial charge < -0.3 is 15.2 Å². The van der Waals surface area contributed by atoms with E-state index in [9.17, 15) is 9.59 Å². The summed E-state index contributed by atoms with van der Waals surface area (Å²) >= 11 is 0. The third-order valence-electron chi connectivity index (χ3n) is 4.73. The number of amides is 2. The van der Waals surface area contributed by atoms with Gasteiger partial charge in [0.2, 0.25) is 5.91 Å². The number of carbonyl (C=O) groups is 2. The fourth-order valence-corrected chi connectivity index (χ4v) is 3.07. The summed E-state index contributed by atoms with van der Waals surface area (Å²) in [7, 11) is 0. The van der Waals surface area contributed by atoms with E-state index in [1.54, 1.807) is 37.5 Å². The second-order valence-electron chi connectivity index (χ2n) is 6.88. The van der Waals surface area contributed by atoms with Crippen molar-refractivity contribution in [3.63, 3.8) is 0 Å². The van der Waals surface area contributed by atoms with Gasteiger partial charge in [-0.1, -0.05) is 35.5 Å². The van der Waals surface area contributed by atoms with Gasteiger partial charge >= 0.3 is 0 Å². The van der Waals surface area contributed by atoms with Crippen LogP contribution in [0.3, 0.4) is 0 Å². The largest absolute Gasteiger partial charge is 0.355 e. The Hall–Kier alpha value is -4.00. The second-order valence-corrected chi connectivity index (χ2v) is 6.88. The molecular formula is C23H20N4O3. The molecule has 4 rings (SSSR count). The van der Waals surface area contributed by atoms with Crippen molar-refractivity contribution in [1.82, 2.24) is 20.8 Å². The van der Waals surface area contributed by atoms with Gasteiger partial charge in [-0.15, -0.1) is 0 Å². The monoisotopic (exact) mass is 400 g/mol. The first-order valence-electron chi connectivity index (χ1n) is 9.54. The molecule has 0 unspecified atom stereocenters. The van der Waals surface area contributed by atoms with Crippen molar-refractivity contribution in [2.24, 2.45) is 0 Å². The minimum Gasteiger partial charge on any atom is -0.355 e. The summed E-state index contributed by atoms with van der Waals surface area (Å²) < 4.78 is 5.48. The highest BCUT2D eigenvalue weighted by molar-refractivity contribution is 6.02. The van der Waals surface area contributed by atoms with Gasteiger partial charge in [0.1, 0.15) is 11.6 Å². The second kappa shape index (κ2) is 8.57. The lowest BCUT2D eigenvalue weighted by atomic mass is 10.1. The number of nitrogens with one attached hydrogen (secondary N) is 2. The zero-order valence-electron chi connectivity index (χ0n) is 16.3. The van der Waals surface area contributed by atoms with Crippen LogP contribution in [0.4, 0.5) is 0 Å². The molecule has 150 valence electrons. The molecule has 0 fully saturated rings. The highest BCUT2D eigenvalue weighted by Crippen LogP contribution is 2.29. The number of benzene rings is 2. The van der Waals surface area contributed by atoms with E-state index in [0.29, 0.717) is 23.4 Å². The molecule has 1 atom stereocenters. The summed E-state index contributed by atoms with van der Waals surface area (Å²) in [4.78, 5) is 29.0. The quantitative estimate of drug-likeness (QED) is 0.517. The van der Waals surface area contributed by atoms with Crippen LogP contribution in [0.15, 0.2) is 77.6 Å². The molecule has 0 bridgehead atoms. The minimum atomic E-state index is -0.689. The van der Waals surface area contributed by atoms with Crippen LogP contribution in [0.5, 0.6) is 0 Å². The lowest BCUT2D eigenvalue weighted by molar-refractivity contribution is -0.122. The molecule has 2 amide bonds. The average Bonchev–Trinajstić information content (AvgIpc) is 3.22. The molecule has 2 aromatic carbocycles. The van der Waals surface area contributed by atoms with E-state index in [4.69, 9.17) is 4.52 Å². The summed E-state index contributed by atoms with van der Waals surface area (Å²) in [6.07, 6.45) is 3.33. The maximum Gasteiger partial charge on any atom is 0.251 e. The first-order valence-corrected chi connectivity index (χ1v) is 9.54. The first-order chi connectivity index (χ1) is 14.6. The van der Waals surface area contributed by atoms with E-state index >= 15 is 0 Å². The number of pyridine rings is 1. The summed E-state index contributed by atoms with van der Waals surface area (Å²) in [5.74, 6) is -0.0109. The smallest absolute Gasteiger partial charge is 0.251 e. The van der Waals surface area contributed by atoms with Crippen LogP contribution >= 0.6 is 0 Å². The van der Waals surface area contributed by atoms with Crippen LogP contribution < -0.4 is 10.6 Å². The minimum absolute atomic E-state index is 0.267. The van der Waals surface area contributed by atoms with E-state index < -0.39 is 6.04 Å². The van der Waals surface area contributed by atoms with E-state index in [2.05, 4.69) is 20.8 Å². The van der Waals surface area contributed by atoms with Gasteiger partial charge in [0.15, 0.2) is 5.76 Å². The fourth-order valence-electron chi connectivity index (χ4n) is 3.07. The van der Waals surface area contributed by atoms with Gasteiger partial charge in [0.05, 0.1) is 5.39 Å². The highest BCUT2D eigenvalue weighted by Gasteiger charge is 2.18. The van der Waals surface area contributed by atoms with Gasteiger partial charge in [0.25, 0.3) is 5.91 Å². The lowest BCUT2D eigenvalue weighted by Gasteiger charge is -2.14. The Morgan fingerprint density at radius 3 is 2.57 bits per heavy atom. The maximum absolute atomic E-state index is 12.7. The maximum atomic E-state index is 12.7. The van der Waals surface area contributed by atoms with Crippen molar-refractivity contribution >= 4 is 22.7 Å². The Morgan fingerprint density at radius 2 is 1.80 bits per heavy atom. The Labute approximate surface area is 173 Å². The number of nitrogens with zero attached hydrogens (tertiary/aromatic N) is 2. The number of rotatable bonds is 6. The molecule has 0 aliphatic heterocycles. The van der Waals surface area contributed by atoms with Gasteiger partial charge in [-0.2, -0.15) is 0 Å². The lowest BCUT2D eigenvalue weighted by Crippen LogP contribution is -2.44. The number of carbonyl (C=O) groups excluding carboxylic acids is 2. The average molecular weight is 400 g/mol. The van der Waals surface area contributed by atoms with Crippen LogP contribution in [-0.4, -0.2) is 28.0 Å². The number of aromatic nitrogens is 2. The van der Waals surface area contributed by atoms with Crippen molar-refractivity contribution in [2.75, 3.05) is 0 Å². The van der Waals surface area contributed by atoms with Gasteiger partial charge in [0, 0.05) is 30.1 Å². The molecule has 2 N–H and O–H groups in total. The molecule has 4 aromatic rings. The Balaban J connectivity index is 1.45. The summed E-state index contributed by atoms with van der Waals surface area (Å²) in [5, 5.41) is 10.3. The zero-order chi connectivity index (χ0) is 20.9. The summed E-state index contributed by atoms with van der Waals surface area (Å²) in [5.41, 5.74) is 2.90. The fraction of sp³-hybridized carbons (Fsp3) is 0.130. The van der Waals surface area contributed by atoms with Gasteiger partial charge in [-0.3, -0.25) is 14.6 Å². The van der Waals surface area contributed by atoms with E-state index in [1.807, 2.05) is 42.5 Å². The van der Waals surface area contributed by atoms with Crippen molar-refractivity contribution < 1.29 is 14.1 Å². The molecule has 30 heavy (non-hydrogen) atoms. The van der Waals surface area contributed by atoms with Crippen LogP contribution in [0.2, 0.25) is 0 Å². The Kier molecular flexibility index (Phi) is 5.52. The Bertz CT molecular complexity index is 1170. The third-order valence-corrected chi connectivity index (χ3v) is 4.73. The highest BCUT2D eigenvalue weighted by atomic mass is 16.5. The van der Waals surface area contributed by atoms with Crippen LogP contribution in [0, 0.1) is 0 Å². The molecule has 0 spiro atoms. The normalized spacial score (nSPS) is 11.8. The van der Waals surface area contributed by atoms with Gasteiger partial charge in [-0.25, -0.2) is 0 Å². The molecule has 0 aliphatic carbocycles. The molecule has 0 aliphatic rings. The topological polar surface area (TPSA) is 97.1 Å². The van der Waals surface area contributed by atoms with Crippen molar-refractivity contribution in [2.45, 2.75) is 19.5 Å². The predicted octanol–water partition coefficient (Wildman–Crippen LogP) is 3.32. The molecule has 7 nitrogen and oxygen atoms in total. The summed E-state index contributed by atoms with van der Waals surface area (Å²) in [6, 6.07) is 17.6. The molecule has 7 heteroatoms. The predicted molar refractivity (Wildman–Crippen MR) is 112 cm³/mol. The molecule has 0 saturated carbocycles. The standard InChI is InChI=1S/C23H20N4O3/c1-15(22(28)25-14-16-9-11-24-12-10-16)26-23(29)18-7-8-20-19(13-18)21(30-27-20)17-5-3-2-4-6-17/h2-13,15H,14H2,1H3,(H,25,28)(H,26,29)/t15-/m1/s1. The van der Waals surface area contributed by atoms with E-state index in [0.717, 1.165) is 16.5 Å². The van der Waals surface area contributed by atoms with Crippen molar-refractivity contribution in [1.29, 1.82) is 0 Å².